The Morgan fingerprint density at radius 3 is 2.93 bits per heavy atom. The molecule has 3 heteroatoms. The van der Waals surface area contributed by atoms with Crippen LogP contribution in [0.1, 0.15) is 30.9 Å². The Bertz CT molecular complexity index is 289. The van der Waals surface area contributed by atoms with Crippen LogP contribution >= 0.6 is 11.6 Å². The Morgan fingerprint density at radius 2 is 2.27 bits per heavy atom. The molecule has 1 rings (SSSR count). The maximum absolute atomic E-state index is 6.10. The van der Waals surface area contributed by atoms with Crippen molar-refractivity contribution in [3.8, 4) is 0 Å². The Hall–Kier alpha value is -0.600. The third kappa shape index (κ3) is 5.14. The number of hydrogen-bond donors (Lipinski definition) is 1. The fourth-order valence-electron chi connectivity index (χ4n) is 1.50. The van der Waals surface area contributed by atoms with Crippen molar-refractivity contribution in [1.82, 2.24) is 10.3 Å². The molecule has 1 atom stereocenters. The Kier molecular flexibility index (Phi) is 5.66. The smallest absolute Gasteiger partial charge is 0.0460 e. The maximum atomic E-state index is 6.10. The van der Waals surface area contributed by atoms with Crippen LogP contribution in [0.2, 0.25) is 0 Å². The minimum atomic E-state index is 0.243. The first-order valence-corrected chi connectivity index (χ1v) is 5.91. The summed E-state index contributed by atoms with van der Waals surface area (Å²) >= 11 is 6.10. The van der Waals surface area contributed by atoms with Crippen molar-refractivity contribution in [2.24, 2.45) is 0 Å². The van der Waals surface area contributed by atoms with E-state index in [-0.39, 0.29) is 5.38 Å². The van der Waals surface area contributed by atoms with E-state index in [1.807, 2.05) is 12.4 Å². The summed E-state index contributed by atoms with van der Waals surface area (Å²) in [6, 6.07) is 2.14. The molecule has 0 aromatic carbocycles. The van der Waals surface area contributed by atoms with E-state index in [1.165, 1.54) is 11.1 Å². The molecule has 0 aliphatic carbocycles. The summed E-state index contributed by atoms with van der Waals surface area (Å²) in [6.07, 6.45) is 5.97. The number of nitrogens with zero attached hydrogens (tertiary/aromatic N) is 1. The monoisotopic (exact) mass is 226 g/mol. The molecule has 1 aromatic rings. The molecule has 0 amide bonds. The second-order valence-corrected chi connectivity index (χ2v) is 4.50. The molecule has 15 heavy (non-hydrogen) atoms. The molecule has 1 heterocycles. The van der Waals surface area contributed by atoms with Crippen LogP contribution in [-0.2, 0) is 6.54 Å². The number of nitrogens with one attached hydrogen (secondary N) is 1. The highest BCUT2D eigenvalue weighted by Crippen LogP contribution is 2.04. The van der Waals surface area contributed by atoms with Gasteiger partial charge in [-0.2, -0.15) is 0 Å². The molecule has 0 aliphatic heterocycles. The van der Waals surface area contributed by atoms with Crippen LogP contribution in [0.3, 0.4) is 0 Å². The molecule has 0 spiro atoms. The average molecular weight is 227 g/mol. The highest BCUT2D eigenvalue weighted by atomic mass is 35.5. The number of hydrogen-bond acceptors (Lipinski definition) is 2. The summed E-state index contributed by atoms with van der Waals surface area (Å²) in [5.41, 5.74) is 2.42. The molecule has 1 unspecified atom stereocenters. The lowest BCUT2D eigenvalue weighted by Crippen LogP contribution is -2.22. The van der Waals surface area contributed by atoms with Crippen molar-refractivity contribution in [2.75, 3.05) is 6.54 Å². The molecule has 0 saturated heterocycles. The lowest BCUT2D eigenvalue weighted by molar-refractivity contribution is 0.622. The van der Waals surface area contributed by atoms with Crippen molar-refractivity contribution < 1.29 is 0 Å². The maximum Gasteiger partial charge on any atom is 0.0460 e. The first-order valence-electron chi connectivity index (χ1n) is 5.47. The van der Waals surface area contributed by atoms with Gasteiger partial charge in [-0.25, -0.2) is 0 Å². The molecular formula is C12H19ClN2. The largest absolute Gasteiger partial charge is 0.311 e. The standard InChI is InChI=1S/C12H19ClN2/c1-3-4-12(13)9-15-8-11-5-10(2)6-14-7-11/h5-7,12,15H,3-4,8-9H2,1-2H3. The van der Waals surface area contributed by atoms with E-state index in [1.54, 1.807) is 0 Å². The van der Waals surface area contributed by atoms with Crippen LogP contribution in [0, 0.1) is 6.92 Å². The van der Waals surface area contributed by atoms with Crippen LogP contribution in [0.4, 0.5) is 0 Å². The number of pyridine rings is 1. The molecule has 0 radical (unpaired) electrons. The zero-order valence-electron chi connectivity index (χ0n) is 9.46. The molecule has 0 fully saturated rings. The van der Waals surface area contributed by atoms with E-state index in [0.29, 0.717) is 0 Å². The number of aryl methyl sites for hydroxylation is 1. The van der Waals surface area contributed by atoms with Crippen molar-refractivity contribution in [3.05, 3.63) is 29.6 Å². The molecular weight excluding hydrogens is 208 g/mol. The molecule has 0 aliphatic rings. The molecule has 2 nitrogen and oxygen atoms in total. The summed E-state index contributed by atoms with van der Waals surface area (Å²) in [4.78, 5) is 4.15. The zero-order chi connectivity index (χ0) is 11.1. The Balaban J connectivity index is 2.25. The van der Waals surface area contributed by atoms with Crippen LogP contribution < -0.4 is 5.32 Å². The summed E-state index contributed by atoms with van der Waals surface area (Å²) in [5.74, 6) is 0. The van der Waals surface area contributed by atoms with Crippen molar-refractivity contribution in [3.63, 3.8) is 0 Å². The summed E-state index contributed by atoms with van der Waals surface area (Å²) in [6.45, 7) is 5.92. The SMILES string of the molecule is CCCC(Cl)CNCc1cncc(C)c1. The predicted octanol–water partition coefficient (Wildman–Crippen LogP) is 2.89. The summed E-state index contributed by atoms with van der Waals surface area (Å²) < 4.78 is 0. The van der Waals surface area contributed by atoms with E-state index in [4.69, 9.17) is 11.6 Å². The number of halogens is 1. The van der Waals surface area contributed by atoms with Gasteiger partial charge >= 0.3 is 0 Å². The molecule has 1 aromatic heterocycles. The fraction of sp³-hybridized carbons (Fsp3) is 0.583. The topological polar surface area (TPSA) is 24.9 Å². The van der Waals surface area contributed by atoms with Gasteiger partial charge in [0.05, 0.1) is 0 Å². The lowest BCUT2D eigenvalue weighted by Gasteiger charge is -2.09. The van der Waals surface area contributed by atoms with E-state index >= 15 is 0 Å². The number of rotatable bonds is 6. The third-order valence-electron chi connectivity index (χ3n) is 2.23. The predicted molar refractivity (Wildman–Crippen MR) is 65.2 cm³/mol. The Morgan fingerprint density at radius 1 is 1.47 bits per heavy atom. The highest BCUT2D eigenvalue weighted by Gasteiger charge is 2.02. The van der Waals surface area contributed by atoms with Crippen LogP contribution in [0.15, 0.2) is 18.5 Å². The number of aromatic nitrogens is 1. The van der Waals surface area contributed by atoms with Crippen LogP contribution in [-0.4, -0.2) is 16.9 Å². The van der Waals surface area contributed by atoms with E-state index in [9.17, 15) is 0 Å². The van der Waals surface area contributed by atoms with Gasteiger partial charge in [0.25, 0.3) is 0 Å². The molecule has 84 valence electrons. The zero-order valence-corrected chi connectivity index (χ0v) is 10.2. The van der Waals surface area contributed by atoms with Gasteiger partial charge in [-0.05, 0) is 24.5 Å². The van der Waals surface area contributed by atoms with Gasteiger partial charge in [0.1, 0.15) is 0 Å². The lowest BCUT2D eigenvalue weighted by atomic mass is 10.2. The van der Waals surface area contributed by atoms with E-state index < -0.39 is 0 Å². The van der Waals surface area contributed by atoms with Gasteiger partial charge in [-0.1, -0.05) is 19.4 Å². The molecule has 1 N–H and O–H groups in total. The minimum Gasteiger partial charge on any atom is -0.311 e. The summed E-state index contributed by atoms with van der Waals surface area (Å²) in [5, 5.41) is 3.58. The Labute approximate surface area is 97.1 Å². The van der Waals surface area contributed by atoms with Gasteiger partial charge in [-0.15, -0.1) is 11.6 Å². The van der Waals surface area contributed by atoms with Crippen molar-refractivity contribution in [1.29, 1.82) is 0 Å². The van der Waals surface area contributed by atoms with Gasteiger partial charge in [0, 0.05) is 30.9 Å². The normalized spacial score (nSPS) is 12.7. The van der Waals surface area contributed by atoms with E-state index in [0.717, 1.165) is 25.9 Å². The first-order chi connectivity index (χ1) is 7.22. The van der Waals surface area contributed by atoms with Gasteiger partial charge in [0.15, 0.2) is 0 Å². The average Bonchev–Trinajstić information content (AvgIpc) is 2.18. The second-order valence-electron chi connectivity index (χ2n) is 3.89. The fourth-order valence-corrected chi connectivity index (χ4v) is 1.83. The van der Waals surface area contributed by atoms with Gasteiger partial charge in [0.2, 0.25) is 0 Å². The summed E-state index contributed by atoms with van der Waals surface area (Å²) in [7, 11) is 0. The minimum absolute atomic E-state index is 0.243. The van der Waals surface area contributed by atoms with Crippen molar-refractivity contribution >= 4 is 11.6 Å². The highest BCUT2D eigenvalue weighted by molar-refractivity contribution is 6.20. The van der Waals surface area contributed by atoms with Crippen LogP contribution in [0.5, 0.6) is 0 Å². The molecule has 0 saturated carbocycles. The van der Waals surface area contributed by atoms with Crippen LogP contribution in [0.25, 0.3) is 0 Å². The second kappa shape index (κ2) is 6.81. The van der Waals surface area contributed by atoms with Gasteiger partial charge in [-0.3, -0.25) is 4.98 Å². The molecule has 0 bridgehead atoms. The first kappa shape index (κ1) is 12.5. The third-order valence-corrected chi connectivity index (χ3v) is 2.60. The van der Waals surface area contributed by atoms with E-state index in [2.05, 4.69) is 30.2 Å². The van der Waals surface area contributed by atoms with Crippen molar-refractivity contribution in [2.45, 2.75) is 38.6 Å². The number of alkyl halides is 1. The quantitative estimate of drug-likeness (QED) is 0.755. The van der Waals surface area contributed by atoms with Gasteiger partial charge < -0.3 is 5.32 Å².